The van der Waals surface area contributed by atoms with Crippen LogP contribution in [-0.4, -0.2) is 33.9 Å². The molecule has 0 radical (unpaired) electrons. The average molecular weight is 328 g/mol. The number of nitrogens with two attached hydrogens (primary N) is 1. The zero-order chi connectivity index (χ0) is 15.8. The summed E-state index contributed by atoms with van der Waals surface area (Å²) in [5.41, 5.74) is 8.00. The molecule has 23 heavy (non-hydrogen) atoms. The molecule has 2 N–H and O–H groups in total. The number of benzene rings is 1. The van der Waals surface area contributed by atoms with Gasteiger partial charge < -0.3 is 10.6 Å². The highest BCUT2D eigenvalue weighted by Gasteiger charge is 2.22. The van der Waals surface area contributed by atoms with Gasteiger partial charge in [0.1, 0.15) is 0 Å². The topological polar surface area (TPSA) is 60.0 Å². The number of halogens is 1. The molecule has 2 aromatic heterocycles. The van der Waals surface area contributed by atoms with Gasteiger partial charge in [-0.05, 0) is 43.2 Å². The molecule has 0 aliphatic carbocycles. The Labute approximate surface area is 139 Å². The van der Waals surface area contributed by atoms with Gasteiger partial charge in [-0.15, -0.1) is 5.10 Å². The van der Waals surface area contributed by atoms with Gasteiger partial charge in [-0.2, -0.15) is 0 Å². The van der Waals surface area contributed by atoms with E-state index >= 15 is 0 Å². The van der Waals surface area contributed by atoms with Crippen LogP contribution in [0.1, 0.15) is 12.8 Å². The maximum absolute atomic E-state index is 6.02. The molecule has 1 aromatic carbocycles. The van der Waals surface area contributed by atoms with E-state index in [1.165, 1.54) is 0 Å². The molecule has 5 nitrogen and oxygen atoms in total. The first-order valence-corrected chi connectivity index (χ1v) is 8.19. The molecule has 1 fully saturated rings. The van der Waals surface area contributed by atoms with Gasteiger partial charge in [-0.1, -0.05) is 11.6 Å². The molecule has 4 rings (SSSR count). The molecule has 0 unspecified atom stereocenters. The molecule has 6 heteroatoms. The van der Waals surface area contributed by atoms with Crippen LogP contribution >= 0.6 is 11.6 Å². The summed E-state index contributed by atoms with van der Waals surface area (Å²) in [6, 6.07) is 10.0. The first kappa shape index (κ1) is 14.5. The standard InChI is InChI=1S/C17H18ClN5/c18-12-1-3-14(4-2-12)23-16-11-20-8-5-15(16)17(21-23)22-9-6-13(19)7-10-22/h1-5,8,11,13H,6-7,9-10,19H2. The number of hydrogen-bond acceptors (Lipinski definition) is 4. The number of nitrogens with zero attached hydrogens (tertiary/aromatic N) is 4. The second-order valence-electron chi connectivity index (χ2n) is 5.93. The second-order valence-corrected chi connectivity index (χ2v) is 6.37. The zero-order valence-electron chi connectivity index (χ0n) is 12.7. The SMILES string of the molecule is NC1CCN(c2nn(-c3ccc(Cl)cc3)c3cnccc23)CC1. The fourth-order valence-corrected chi connectivity index (χ4v) is 3.20. The number of aromatic nitrogens is 3. The predicted octanol–water partition coefficient (Wildman–Crippen LogP) is 3.00. The minimum atomic E-state index is 0.303. The van der Waals surface area contributed by atoms with Crippen LogP contribution in [0.3, 0.4) is 0 Å². The van der Waals surface area contributed by atoms with Crippen LogP contribution < -0.4 is 10.6 Å². The van der Waals surface area contributed by atoms with Crippen LogP contribution in [0.4, 0.5) is 5.82 Å². The van der Waals surface area contributed by atoms with Crippen molar-refractivity contribution >= 4 is 28.3 Å². The number of fused-ring (bicyclic) bond motifs is 1. The fourth-order valence-electron chi connectivity index (χ4n) is 3.07. The van der Waals surface area contributed by atoms with Crippen molar-refractivity contribution in [3.8, 4) is 5.69 Å². The quantitative estimate of drug-likeness (QED) is 0.786. The third-order valence-electron chi connectivity index (χ3n) is 4.37. The maximum Gasteiger partial charge on any atom is 0.159 e. The van der Waals surface area contributed by atoms with Crippen molar-refractivity contribution in [2.75, 3.05) is 18.0 Å². The first-order valence-electron chi connectivity index (χ1n) is 7.81. The summed E-state index contributed by atoms with van der Waals surface area (Å²) in [4.78, 5) is 6.58. The van der Waals surface area contributed by atoms with Gasteiger partial charge in [0.05, 0.1) is 17.4 Å². The van der Waals surface area contributed by atoms with Crippen LogP contribution in [0.5, 0.6) is 0 Å². The number of anilines is 1. The maximum atomic E-state index is 6.02. The normalized spacial score (nSPS) is 16.2. The average Bonchev–Trinajstić information content (AvgIpc) is 2.96. The lowest BCUT2D eigenvalue weighted by Gasteiger charge is -2.30. The number of pyridine rings is 1. The van der Waals surface area contributed by atoms with Crippen LogP contribution in [0.2, 0.25) is 5.02 Å². The summed E-state index contributed by atoms with van der Waals surface area (Å²) in [5, 5.41) is 6.69. The summed E-state index contributed by atoms with van der Waals surface area (Å²) in [6.07, 6.45) is 5.67. The lowest BCUT2D eigenvalue weighted by Crippen LogP contribution is -2.40. The van der Waals surface area contributed by atoms with E-state index in [-0.39, 0.29) is 0 Å². The Kier molecular flexibility index (Phi) is 3.67. The molecule has 3 heterocycles. The second kappa shape index (κ2) is 5.83. The Balaban J connectivity index is 1.81. The Hall–Kier alpha value is -2.11. The lowest BCUT2D eigenvalue weighted by molar-refractivity contribution is 0.498. The van der Waals surface area contributed by atoms with Gasteiger partial charge in [0.15, 0.2) is 5.82 Å². The number of piperidine rings is 1. The molecule has 0 atom stereocenters. The monoisotopic (exact) mass is 327 g/mol. The van der Waals surface area contributed by atoms with Crippen molar-refractivity contribution in [2.24, 2.45) is 5.73 Å². The van der Waals surface area contributed by atoms with Gasteiger partial charge in [0.25, 0.3) is 0 Å². The Bertz CT molecular complexity index is 819. The van der Waals surface area contributed by atoms with Crippen molar-refractivity contribution in [2.45, 2.75) is 18.9 Å². The highest BCUT2D eigenvalue weighted by molar-refractivity contribution is 6.30. The highest BCUT2D eigenvalue weighted by Crippen LogP contribution is 2.29. The van der Waals surface area contributed by atoms with Crippen molar-refractivity contribution in [1.82, 2.24) is 14.8 Å². The van der Waals surface area contributed by atoms with Crippen LogP contribution in [0.15, 0.2) is 42.7 Å². The first-order chi connectivity index (χ1) is 11.2. The van der Waals surface area contributed by atoms with Crippen molar-refractivity contribution < 1.29 is 0 Å². The predicted molar refractivity (Wildman–Crippen MR) is 93.3 cm³/mol. The molecule has 0 bridgehead atoms. The van der Waals surface area contributed by atoms with Gasteiger partial charge in [-0.3, -0.25) is 4.98 Å². The van der Waals surface area contributed by atoms with Gasteiger partial charge in [-0.25, -0.2) is 4.68 Å². The Morgan fingerprint density at radius 3 is 2.57 bits per heavy atom. The summed E-state index contributed by atoms with van der Waals surface area (Å²) in [5.74, 6) is 1.00. The van der Waals surface area contributed by atoms with E-state index in [4.69, 9.17) is 22.4 Å². The van der Waals surface area contributed by atoms with Gasteiger partial charge in [0, 0.05) is 35.7 Å². The summed E-state index contributed by atoms with van der Waals surface area (Å²) in [7, 11) is 0. The minimum absolute atomic E-state index is 0.303. The molecule has 3 aromatic rings. The van der Waals surface area contributed by atoms with Crippen LogP contribution in [0, 0.1) is 0 Å². The van der Waals surface area contributed by atoms with Gasteiger partial charge >= 0.3 is 0 Å². The molecule has 1 aliphatic heterocycles. The number of hydrogen-bond donors (Lipinski definition) is 1. The molecule has 0 saturated carbocycles. The molecule has 118 valence electrons. The van der Waals surface area contributed by atoms with E-state index in [1.807, 2.05) is 47.4 Å². The zero-order valence-corrected chi connectivity index (χ0v) is 13.4. The molecule has 1 aliphatic rings. The Morgan fingerprint density at radius 2 is 1.83 bits per heavy atom. The highest BCUT2D eigenvalue weighted by atomic mass is 35.5. The van der Waals surface area contributed by atoms with E-state index in [0.717, 1.165) is 48.3 Å². The molecule has 0 spiro atoms. The van der Waals surface area contributed by atoms with E-state index < -0.39 is 0 Å². The summed E-state index contributed by atoms with van der Waals surface area (Å²) >= 11 is 6.00. The third kappa shape index (κ3) is 2.66. The van der Waals surface area contributed by atoms with Crippen molar-refractivity contribution in [1.29, 1.82) is 0 Å². The van der Waals surface area contributed by atoms with E-state index in [0.29, 0.717) is 11.1 Å². The minimum Gasteiger partial charge on any atom is -0.354 e. The van der Waals surface area contributed by atoms with E-state index in [9.17, 15) is 0 Å². The van der Waals surface area contributed by atoms with Crippen LogP contribution in [-0.2, 0) is 0 Å². The van der Waals surface area contributed by atoms with Crippen LogP contribution in [0.25, 0.3) is 16.6 Å². The van der Waals surface area contributed by atoms with E-state index in [1.54, 1.807) is 0 Å². The lowest BCUT2D eigenvalue weighted by atomic mass is 10.1. The molecule has 0 amide bonds. The molecular formula is C17H18ClN5. The van der Waals surface area contributed by atoms with Crippen molar-refractivity contribution in [3.05, 3.63) is 47.7 Å². The smallest absolute Gasteiger partial charge is 0.159 e. The van der Waals surface area contributed by atoms with E-state index in [2.05, 4.69) is 9.88 Å². The summed E-state index contributed by atoms with van der Waals surface area (Å²) < 4.78 is 1.93. The Morgan fingerprint density at radius 1 is 1.09 bits per heavy atom. The molecule has 1 saturated heterocycles. The summed E-state index contributed by atoms with van der Waals surface area (Å²) in [6.45, 7) is 1.88. The van der Waals surface area contributed by atoms with Gasteiger partial charge in [0.2, 0.25) is 0 Å². The van der Waals surface area contributed by atoms with Crippen molar-refractivity contribution in [3.63, 3.8) is 0 Å². The fraction of sp³-hybridized carbons (Fsp3) is 0.294. The largest absolute Gasteiger partial charge is 0.354 e. The number of rotatable bonds is 2. The molecular weight excluding hydrogens is 310 g/mol. The third-order valence-corrected chi connectivity index (χ3v) is 4.63.